The zero-order chi connectivity index (χ0) is 17.2. The van der Waals surface area contributed by atoms with Crippen LogP contribution in [0.3, 0.4) is 0 Å². The fourth-order valence-corrected chi connectivity index (χ4v) is 2.43. The summed E-state index contributed by atoms with van der Waals surface area (Å²) < 4.78 is 4.92. The summed E-state index contributed by atoms with van der Waals surface area (Å²) >= 11 is 0. The van der Waals surface area contributed by atoms with Crippen molar-refractivity contribution in [3.63, 3.8) is 0 Å². The summed E-state index contributed by atoms with van der Waals surface area (Å²) in [5, 5.41) is 2.71. The van der Waals surface area contributed by atoms with Gasteiger partial charge in [0.25, 0.3) is 0 Å². The van der Waals surface area contributed by atoms with Gasteiger partial charge in [0.05, 0.1) is 28.4 Å². The van der Waals surface area contributed by atoms with Crippen LogP contribution < -0.4 is 11.1 Å². The molecule has 2 aromatic carbocycles. The molecular weight excluding hydrogens is 320 g/mol. The summed E-state index contributed by atoms with van der Waals surface area (Å²) in [7, 11) is 0. The highest BCUT2D eigenvalue weighted by Gasteiger charge is 2.04. The van der Waals surface area contributed by atoms with Gasteiger partial charge in [-0.2, -0.15) is 0 Å². The molecule has 0 saturated carbocycles. The van der Waals surface area contributed by atoms with Gasteiger partial charge in [0.1, 0.15) is 0 Å². The molecule has 2 N–H and O–H groups in total. The molecule has 7 heteroatoms. The fraction of sp³-hybridized carbons (Fsp3) is 0. The second-order valence-electron chi connectivity index (χ2n) is 5.33. The number of para-hydroxylation sites is 2. The first-order valence-corrected chi connectivity index (χ1v) is 7.51. The summed E-state index contributed by atoms with van der Waals surface area (Å²) in [6, 6.07) is 12.4. The maximum absolute atomic E-state index is 12.0. The van der Waals surface area contributed by atoms with Gasteiger partial charge in [-0.25, -0.2) is 9.78 Å². The van der Waals surface area contributed by atoms with Crippen LogP contribution in [0.4, 0.5) is 5.69 Å². The maximum Gasteiger partial charge on any atom is 0.417 e. The van der Waals surface area contributed by atoms with Gasteiger partial charge in [0.15, 0.2) is 5.58 Å². The van der Waals surface area contributed by atoms with E-state index in [-0.39, 0.29) is 5.91 Å². The third-order valence-electron chi connectivity index (χ3n) is 3.56. The largest absolute Gasteiger partial charge is 0.417 e. The van der Waals surface area contributed by atoms with E-state index in [1.807, 2.05) is 24.3 Å². The van der Waals surface area contributed by atoms with Crippen LogP contribution in [0.25, 0.3) is 28.2 Å². The molecule has 2 heterocycles. The van der Waals surface area contributed by atoms with Crippen LogP contribution in [-0.2, 0) is 4.79 Å². The molecule has 4 rings (SSSR count). The zero-order valence-electron chi connectivity index (χ0n) is 12.9. The minimum atomic E-state index is -0.534. The number of hydrogen-bond acceptors (Lipinski definition) is 5. The SMILES string of the molecule is O=C(/C=C/c1cnc2ccccc2n1)Nc1ccc2oc(=O)[nH]c2c1. The van der Waals surface area contributed by atoms with Gasteiger partial charge in [-0.1, -0.05) is 12.1 Å². The Morgan fingerprint density at radius 3 is 2.88 bits per heavy atom. The van der Waals surface area contributed by atoms with Gasteiger partial charge in [-0.3, -0.25) is 14.8 Å². The highest BCUT2D eigenvalue weighted by Crippen LogP contribution is 2.16. The Labute approximate surface area is 141 Å². The van der Waals surface area contributed by atoms with Gasteiger partial charge in [0, 0.05) is 11.8 Å². The van der Waals surface area contributed by atoms with Crippen molar-refractivity contribution in [3.05, 3.63) is 71.0 Å². The Morgan fingerprint density at radius 2 is 2.00 bits per heavy atom. The van der Waals surface area contributed by atoms with Gasteiger partial charge < -0.3 is 9.73 Å². The highest BCUT2D eigenvalue weighted by atomic mass is 16.4. The number of benzene rings is 2. The minimum absolute atomic E-state index is 0.319. The van der Waals surface area contributed by atoms with Crippen molar-refractivity contribution in [1.29, 1.82) is 0 Å². The molecule has 0 radical (unpaired) electrons. The molecule has 0 spiro atoms. The second-order valence-corrected chi connectivity index (χ2v) is 5.33. The number of carbonyl (C=O) groups is 1. The molecule has 7 nitrogen and oxygen atoms in total. The van der Waals surface area contributed by atoms with E-state index in [0.29, 0.717) is 22.5 Å². The van der Waals surface area contributed by atoms with Crippen LogP contribution in [0.1, 0.15) is 5.69 Å². The third-order valence-corrected chi connectivity index (χ3v) is 3.56. The van der Waals surface area contributed by atoms with Crippen LogP contribution >= 0.6 is 0 Å². The van der Waals surface area contributed by atoms with Gasteiger partial charge >= 0.3 is 5.76 Å². The Morgan fingerprint density at radius 1 is 1.16 bits per heavy atom. The first-order chi connectivity index (χ1) is 12.2. The van der Waals surface area contributed by atoms with Crippen LogP contribution in [-0.4, -0.2) is 20.9 Å². The molecule has 4 aromatic rings. The maximum atomic E-state index is 12.0. The molecule has 2 aromatic heterocycles. The predicted molar refractivity (Wildman–Crippen MR) is 94.0 cm³/mol. The average Bonchev–Trinajstić information content (AvgIpc) is 2.99. The van der Waals surface area contributed by atoms with E-state index in [0.717, 1.165) is 11.0 Å². The van der Waals surface area contributed by atoms with E-state index >= 15 is 0 Å². The normalized spacial score (nSPS) is 11.4. The smallest absolute Gasteiger partial charge is 0.408 e. The van der Waals surface area contributed by atoms with E-state index in [2.05, 4.69) is 20.3 Å². The number of aromatic amines is 1. The lowest BCUT2D eigenvalue weighted by Gasteiger charge is -2.01. The first kappa shape index (κ1) is 14.8. The predicted octanol–water partition coefficient (Wildman–Crippen LogP) is 2.72. The zero-order valence-corrected chi connectivity index (χ0v) is 12.9. The van der Waals surface area contributed by atoms with Gasteiger partial charge in [-0.15, -0.1) is 0 Å². The standard InChI is InChI=1S/C18H12N4O3/c23-17(21-11-5-7-16-15(9-11)22-18(24)25-16)8-6-12-10-19-13-3-1-2-4-14(13)20-12/h1-10H,(H,21,23)(H,22,24)/b8-6+. The van der Waals surface area contributed by atoms with Crippen LogP contribution in [0.2, 0.25) is 0 Å². The average molecular weight is 332 g/mol. The van der Waals surface area contributed by atoms with E-state index in [1.54, 1.807) is 30.5 Å². The summed E-state index contributed by atoms with van der Waals surface area (Å²) in [5.41, 5.74) is 3.65. The lowest BCUT2D eigenvalue weighted by Crippen LogP contribution is -2.07. The number of oxazole rings is 1. The topological polar surface area (TPSA) is 101 Å². The highest BCUT2D eigenvalue weighted by molar-refractivity contribution is 6.02. The third kappa shape index (κ3) is 3.16. The van der Waals surface area contributed by atoms with Crippen molar-refractivity contribution in [2.45, 2.75) is 0 Å². The van der Waals surface area contributed by atoms with Crippen LogP contribution in [0.15, 0.2) is 63.9 Å². The summed E-state index contributed by atoms with van der Waals surface area (Å²) in [6.07, 6.45) is 4.57. The first-order valence-electron chi connectivity index (χ1n) is 7.51. The van der Waals surface area contributed by atoms with Crippen molar-refractivity contribution in [2.75, 3.05) is 5.32 Å². The lowest BCUT2D eigenvalue weighted by atomic mass is 10.2. The van der Waals surface area contributed by atoms with Crippen LogP contribution in [0, 0.1) is 0 Å². The summed E-state index contributed by atoms with van der Waals surface area (Å²) in [4.78, 5) is 34.4. The lowest BCUT2D eigenvalue weighted by molar-refractivity contribution is -0.111. The molecule has 1 amide bonds. The summed E-state index contributed by atoms with van der Waals surface area (Å²) in [6.45, 7) is 0. The molecule has 0 aliphatic carbocycles. The van der Waals surface area contributed by atoms with E-state index < -0.39 is 5.76 Å². The molecule has 0 atom stereocenters. The monoisotopic (exact) mass is 332 g/mol. The number of anilines is 1. The minimum Gasteiger partial charge on any atom is -0.408 e. The number of fused-ring (bicyclic) bond motifs is 2. The second kappa shape index (κ2) is 6.04. The Balaban J connectivity index is 1.51. The number of aromatic nitrogens is 3. The van der Waals surface area contributed by atoms with E-state index in [4.69, 9.17) is 4.42 Å². The molecule has 0 unspecified atom stereocenters. The molecule has 0 bridgehead atoms. The van der Waals surface area contributed by atoms with E-state index in [1.165, 1.54) is 6.08 Å². The Hall–Kier alpha value is -3.74. The fourth-order valence-electron chi connectivity index (χ4n) is 2.43. The molecule has 0 aliphatic heterocycles. The number of hydrogen-bond donors (Lipinski definition) is 2. The number of nitrogens with zero attached hydrogens (tertiary/aromatic N) is 2. The van der Waals surface area contributed by atoms with E-state index in [9.17, 15) is 9.59 Å². The number of H-pyrrole nitrogens is 1. The van der Waals surface area contributed by atoms with Crippen LogP contribution in [0.5, 0.6) is 0 Å². The number of rotatable bonds is 3. The Bertz CT molecular complexity index is 1170. The quantitative estimate of drug-likeness (QED) is 0.562. The summed E-state index contributed by atoms with van der Waals surface area (Å²) in [5.74, 6) is -0.853. The molecule has 0 fully saturated rings. The van der Waals surface area contributed by atoms with Gasteiger partial charge in [0.2, 0.25) is 5.91 Å². The van der Waals surface area contributed by atoms with Crippen molar-refractivity contribution >= 4 is 39.8 Å². The van der Waals surface area contributed by atoms with Crippen molar-refractivity contribution in [2.24, 2.45) is 0 Å². The molecular formula is C18H12N4O3. The molecule has 0 aliphatic rings. The number of carbonyl (C=O) groups excluding carboxylic acids is 1. The van der Waals surface area contributed by atoms with Gasteiger partial charge in [-0.05, 0) is 36.4 Å². The molecule has 0 saturated heterocycles. The number of amides is 1. The molecule has 122 valence electrons. The van der Waals surface area contributed by atoms with Crippen molar-refractivity contribution in [3.8, 4) is 0 Å². The van der Waals surface area contributed by atoms with Crippen molar-refractivity contribution in [1.82, 2.24) is 15.0 Å². The number of nitrogens with one attached hydrogen (secondary N) is 2. The Kier molecular flexibility index (Phi) is 3.59. The molecule has 25 heavy (non-hydrogen) atoms. The van der Waals surface area contributed by atoms with Crippen molar-refractivity contribution < 1.29 is 9.21 Å².